The normalized spacial score (nSPS) is 19.5. The lowest BCUT2D eigenvalue weighted by Crippen LogP contribution is -2.33. The number of unbranched alkanes of at least 4 members (excludes halogenated alkanes) is 1. The van der Waals surface area contributed by atoms with Crippen LogP contribution in [-0.2, 0) is 9.53 Å². The van der Waals surface area contributed by atoms with E-state index >= 15 is 0 Å². The van der Waals surface area contributed by atoms with Crippen LogP contribution in [0.15, 0.2) is 30.3 Å². The van der Waals surface area contributed by atoms with Gasteiger partial charge in [0.1, 0.15) is 5.60 Å². The summed E-state index contributed by atoms with van der Waals surface area (Å²) in [4.78, 5) is 23.6. The Kier molecular flexibility index (Phi) is 6.23. The van der Waals surface area contributed by atoms with Crippen LogP contribution in [0.2, 0.25) is 0 Å². The monoisotopic (exact) mass is 332 g/mol. The molecule has 5 nitrogen and oxygen atoms in total. The molecule has 132 valence electrons. The first-order chi connectivity index (χ1) is 11.4. The summed E-state index contributed by atoms with van der Waals surface area (Å²) < 4.78 is 5.16. The van der Waals surface area contributed by atoms with Gasteiger partial charge in [-0.15, -0.1) is 0 Å². The standard InChI is InChI=1S/C19H28N2O3/c1-19(2,3)24-18(23)21-12-8-7-11-20-17(22)16-13-15(16)14-9-5-4-6-10-14/h4-6,9-10,15-16H,7-8,11-13H2,1-3H3,(H,20,22)(H,21,23)/t15-,16+/m0/s1. The number of amides is 2. The van der Waals surface area contributed by atoms with Crippen molar-refractivity contribution in [1.29, 1.82) is 0 Å². The molecule has 0 radical (unpaired) electrons. The lowest BCUT2D eigenvalue weighted by Gasteiger charge is -2.19. The fraction of sp³-hybridized carbons (Fsp3) is 0.579. The molecule has 0 bridgehead atoms. The zero-order chi connectivity index (χ0) is 17.6. The van der Waals surface area contributed by atoms with Crippen LogP contribution in [0.1, 0.15) is 51.5 Å². The van der Waals surface area contributed by atoms with Gasteiger partial charge in [-0.1, -0.05) is 30.3 Å². The molecule has 1 aliphatic rings. The molecule has 2 amide bonds. The second-order valence-corrected chi connectivity index (χ2v) is 7.29. The number of nitrogens with one attached hydrogen (secondary N) is 2. The zero-order valence-corrected chi connectivity index (χ0v) is 14.8. The van der Waals surface area contributed by atoms with Gasteiger partial charge in [-0.05, 0) is 51.5 Å². The van der Waals surface area contributed by atoms with Gasteiger partial charge in [-0.2, -0.15) is 0 Å². The van der Waals surface area contributed by atoms with Gasteiger partial charge in [-0.25, -0.2) is 4.79 Å². The molecule has 2 rings (SSSR count). The quantitative estimate of drug-likeness (QED) is 0.754. The third-order valence-corrected chi connectivity index (χ3v) is 3.93. The molecule has 1 saturated carbocycles. The number of hydrogen-bond acceptors (Lipinski definition) is 3. The molecule has 1 aromatic carbocycles. The number of benzene rings is 1. The lowest BCUT2D eigenvalue weighted by molar-refractivity contribution is -0.122. The molecular weight excluding hydrogens is 304 g/mol. The van der Waals surface area contributed by atoms with Gasteiger partial charge >= 0.3 is 6.09 Å². The van der Waals surface area contributed by atoms with Crippen molar-refractivity contribution in [3.63, 3.8) is 0 Å². The number of alkyl carbamates (subject to hydrolysis) is 1. The highest BCUT2D eigenvalue weighted by atomic mass is 16.6. The first-order valence-corrected chi connectivity index (χ1v) is 8.66. The average Bonchev–Trinajstić information content (AvgIpc) is 3.30. The SMILES string of the molecule is CC(C)(C)OC(=O)NCCCCNC(=O)[C@@H]1C[C@H]1c1ccccc1. The Hall–Kier alpha value is -2.04. The number of hydrogen-bond donors (Lipinski definition) is 2. The van der Waals surface area contributed by atoms with Crippen molar-refractivity contribution in [2.75, 3.05) is 13.1 Å². The summed E-state index contributed by atoms with van der Waals surface area (Å²) >= 11 is 0. The van der Waals surface area contributed by atoms with E-state index in [1.807, 2.05) is 39.0 Å². The van der Waals surface area contributed by atoms with E-state index in [0.29, 0.717) is 19.0 Å². The van der Waals surface area contributed by atoms with Crippen molar-refractivity contribution < 1.29 is 14.3 Å². The number of carbonyl (C=O) groups is 2. The van der Waals surface area contributed by atoms with E-state index in [9.17, 15) is 9.59 Å². The summed E-state index contributed by atoms with van der Waals surface area (Å²) in [7, 11) is 0. The molecule has 2 atom stereocenters. The molecule has 0 saturated heterocycles. The highest BCUT2D eigenvalue weighted by Crippen LogP contribution is 2.47. The number of rotatable bonds is 7. The Morgan fingerprint density at radius 2 is 1.71 bits per heavy atom. The maximum absolute atomic E-state index is 12.1. The second-order valence-electron chi connectivity index (χ2n) is 7.29. The predicted octanol–water partition coefficient (Wildman–Crippen LogP) is 3.21. The highest BCUT2D eigenvalue weighted by Gasteiger charge is 2.43. The number of carbonyl (C=O) groups excluding carboxylic acids is 2. The van der Waals surface area contributed by atoms with Crippen molar-refractivity contribution in [1.82, 2.24) is 10.6 Å². The van der Waals surface area contributed by atoms with Crippen molar-refractivity contribution in [3.8, 4) is 0 Å². The van der Waals surface area contributed by atoms with Crippen LogP contribution in [-0.4, -0.2) is 30.7 Å². The fourth-order valence-corrected chi connectivity index (χ4v) is 2.65. The van der Waals surface area contributed by atoms with Crippen molar-refractivity contribution in [2.24, 2.45) is 5.92 Å². The van der Waals surface area contributed by atoms with Crippen molar-refractivity contribution in [2.45, 2.75) is 51.6 Å². The Labute approximate surface area is 144 Å². The third kappa shape index (κ3) is 6.22. The first kappa shape index (κ1) is 18.3. The number of ether oxygens (including phenoxy) is 1. The second kappa shape index (κ2) is 8.18. The fourth-order valence-electron chi connectivity index (χ4n) is 2.65. The van der Waals surface area contributed by atoms with Gasteiger partial charge in [0.25, 0.3) is 0 Å². The van der Waals surface area contributed by atoms with Gasteiger partial charge in [0.2, 0.25) is 5.91 Å². The van der Waals surface area contributed by atoms with Gasteiger partial charge in [0, 0.05) is 19.0 Å². The largest absolute Gasteiger partial charge is 0.444 e. The molecule has 1 aliphatic carbocycles. The smallest absolute Gasteiger partial charge is 0.407 e. The van der Waals surface area contributed by atoms with Crippen LogP contribution in [0.25, 0.3) is 0 Å². The molecule has 2 N–H and O–H groups in total. The molecule has 5 heteroatoms. The molecule has 1 aromatic rings. The minimum absolute atomic E-state index is 0.118. The van der Waals surface area contributed by atoms with Gasteiger partial charge in [-0.3, -0.25) is 4.79 Å². The Morgan fingerprint density at radius 3 is 2.33 bits per heavy atom. The van der Waals surface area contributed by atoms with Crippen molar-refractivity contribution in [3.05, 3.63) is 35.9 Å². The molecule has 0 aromatic heterocycles. The molecule has 0 heterocycles. The van der Waals surface area contributed by atoms with E-state index in [0.717, 1.165) is 19.3 Å². The van der Waals surface area contributed by atoms with E-state index in [1.54, 1.807) is 0 Å². The first-order valence-electron chi connectivity index (χ1n) is 8.66. The maximum atomic E-state index is 12.1. The molecular formula is C19H28N2O3. The summed E-state index contributed by atoms with van der Waals surface area (Å²) in [6, 6.07) is 10.2. The van der Waals surface area contributed by atoms with Crippen LogP contribution >= 0.6 is 0 Å². The Morgan fingerprint density at radius 1 is 1.08 bits per heavy atom. The average molecular weight is 332 g/mol. The van der Waals surface area contributed by atoms with E-state index in [1.165, 1.54) is 5.56 Å². The molecule has 0 aliphatic heterocycles. The van der Waals surface area contributed by atoms with Gasteiger partial charge in [0.05, 0.1) is 0 Å². The van der Waals surface area contributed by atoms with E-state index < -0.39 is 11.7 Å². The van der Waals surface area contributed by atoms with E-state index in [-0.39, 0.29) is 11.8 Å². The summed E-state index contributed by atoms with van der Waals surface area (Å²) in [6.07, 6.45) is 2.20. The highest BCUT2D eigenvalue weighted by molar-refractivity contribution is 5.82. The molecule has 24 heavy (non-hydrogen) atoms. The maximum Gasteiger partial charge on any atom is 0.407 e. The van der Waals surface area contributed by atoms with Crippen LogP contribution in [0.5, 0.6) is 0 Å². The van der Waals surface area contributed by atoms with Crippen LogP contribution < -0.4 is 10.6 Å². The zero-order valence-electron chi connectivity index (χ0n) is 14.8. The summed E-state index contributed by atoms with van der Waals surface area (Å²) in [5, 5.41) is 5.70. The minimum atomic E-state index is -0.475. The molecule has 1 fully saturated rings. The van der Waals surface area contributed by atoms with E-state index in [2.05, 4.69) is 22.8 Å². The Bertz CT molecular complexity index is 551. The molecule has 0 spiro atoms. The van der Waals surface area contributed by atoms with Crippen LogP contribution in [0, 0.1) is 5.92 Å². The van der Waals surface area contributed by atoms with Crippen LogP contribution in [0.4, 0.5) is 4.79 Å². The van der Waals surface area contributed by atoms with Gasteiger partial charge < -0.3 is 15.4 Å². The summed E-state index contributed by atoms with van der Waals surface area (Å²) in [5.74, 6) is 0.635. The van der Waals surface area contributed by atoms with Crippen molar-refractivity contribution >= 4 is 12.0 Å². The van der Waals surface area contributed by atoms with E-state index in [4.69, 9.17) is 4.74 Å². The van der Waals surface area contributed by atoms with Gasteiger partial charge in [0.15, 0.2) is 0 Å². The third-order valence-electron chi connectivity index (χ3n) is 3.93. The molecule has 0 unspecified atom stereocenters. The summed E-state index contributed by atoms with van der Waals surface area (Å²) in [5.41, 5.74) is 0.775. The Balaban J connectivity index is 1.53. The van der Waals surface area contributed by atoms with Crippen LogP contribution in [0.3, 0.4) is 0 Å². The lowest BCUT2D eigenvalue weighted by atomic mass is 10.1. The minimum Gasteiger partial charge on any atom is -0.444 e. The summed E-state index contributed by atoms with van der Waals surface area (Å²) in [6.45, 7) is 6.71. The topological polar surface area (TPSA) is 67.4 Å². The predicted molar refractivity (Wildman–Crippen MR) is 93.8 cm³/mol.